The first-order valence-electron chi connectivity index (χ1n) is 6.51. The van der Waals surface area contributed by atoms with Gasteiger partial charge in [-0.2, -0.15) is 0 Å². The lowest BCUT2D eigenvalue weighted by Crippen LogP contribution is -2.03. The second kappa shape index (κ2) is 5.75. The van der Waals surface area contributed by atoms with Crippen molar-refractivity contribution in [2.24, 2.45) is 0 Å². The van der Waals surface area contributed by atoms with Gasteiger partial charge in [-0.3, -0.25) is 0 Å². The highest BCUT2D eigenvalue weighted by Crippen LogP contribution is 2.26. The molecule has 2 heterocycles. The molecule has 0 radical (unpaired) electrons. The Morgan fingerprint density at radius 3 is 2.15 bits per heavy atom. The molecule has 0 fully saturated rings. The molecule has 0 saturated carbocycles. The van der Waals surface area contributed by atoms with Crippen LogP contribution in [0, 0.1) is 20.8 Å². The molecule has 0 atom stereocenters. The van der Waals surface area contributed by atoms with Crippen LogP contribution in [0.15, 0.2) is 16.2 Å². The molecule has 0 aliphatic heterocycles. The number of aromatic nitrogens is 4. The van der Waals surface area contributed by atoms with E-state index in [-0.39, 0.29) is 5.92 Å². The number of hydrogen-bond donors (Lipinski definition) is 1. The van der Waals surface area contributed by atoms with Crippen LogP contribution in [0.1, 0.15) is 42.5 Å². The standard InChI is InChI=1S/C14H19N5S/c1-7(2)13-18-11(15)6-12(19-13)20-14-16-9(4)8(3)10(5)17-14/h6-7H,1-5H3,(H2,15,18,19). The van der Waals surface area contributed by atoms with E-state index in [2.05, 4.69) is 19.9 Å². The molecule has 0 bridgehead atoms. The Labute approximate surface area is 123 Å². The van der Waals surface area contributed by atoms with Crippen LogP contribution < -0.4 is 5.73 Å². The van der Waals surface area contributed by atoms with Gasteiger partial charge in [0.15, 0.2) is 5.16 Å². The maximum atomic E-state index is 5.83. The van der Waals surface area contributed by atoms with Crippen molar-refractivity contribution in [2.45, 2.75) is 50.7 Å². The zero-order chi connectivity index (χ0) is 14.9. The summed E-state index contributed by atoms with van der Waals surface area (Å²) in [7, 11) is 0. The molecule has 20 heavy (non-hydrogen) atoms. The molecule has 5 nitrogen and oxygen atoms in total. The van der Waals surface area contributed by atoms with Gasteiger partial charge in [-0.15, -0.1) is 0 Å². The molecule has 2 aromatic rings. The van der Waals surface area contributed by atoms with Crippen LogP contribution in [-0.2, 0) is 0 Å². The summed E-state index contributed by atoms with van der Waals surface area (Å²) in [6.07, 6.45) is 0. The first kappa shape index (κ1) is 14.7. The van der Waals surface area contributed by atoms with Gasteiger partial charge in [-0.05, 0) is 38.1 Å². The number of nitrogens with zero attached hydrogens (tertiary/aromatic N) is 4. The van der Waals surface area contributed by atoms with Crippen LogP contribution in [0.3, 0.4) is 0 Å². The third-order valence-corrected chi connectivity index (χ3v) is 3.85. The summed E-state index contributed by atoms with van der Waals surface area (Å²) in [4.78, 5) is 17.7. The van der Waals surface area contributed by atoms with Gasteiger partial charge in [0.05, 0.1) is 0 Å². The highest BCUT2D eigenvalue weighted by Gasteiger charge is 2.11. The van der Waals surface area contributed by atoms with Gasteiger partial charge in [0, 0.05) is 23.4 Å². The molecular formula is C14H19N5S. The lowest BCUT2D eigenvalue weighted by molar-refractivity contribution is 0.755. The van der Waals surface area contributed by atoms with Gasteiger partial charge < -0.3 is 5.73 Å². The average molecular weight is 289 g/mol. The predicted molar refractivity (Wildman–Crippen MR) is 80.9 cm³/mol. The number of nitrogen functional groups attached to an aromatic ring is 1. The molecule has 106 valence electrons. The fourth-order valence-corrected chi connectivity index (χ4v) is 2.52. The number of hydrogen-bond acceptors (Lipinski definition) is 6. The summed E-state index contributed by atoms with van der Waals surface area (Å²) in [6, 6.07) is 1.75. The van der Waals surface area contributed by atoms with Crippen LogP contribution in [0.25, 0.3) is 0 Å². The second-order valence-electron chi connectivity index (χ2n) is 5.05. The number of nitrogens with two attached hydrogens (primary N) is 1. The van der Waals surface area contributed by atoms with Crippen molar-refractivity contribution in [3.05, 3.63) is 28.8 Å². The van der Waals surface area contributed by atoms with Crippen molar-refractivity contribution >= 4 is 17.6 Å². The minimum atomic E-state index is 0.236. The van der Waals surface area contributed by atoms with E-state index in [1.807, 2.05) is 34.6 Å². The molecule has 2 rings (SSSR count). The fourth-order valence-electron chi connectivity index (χ4n) is 1.65. The molecule has 2 aromatic heterocycles. The SMILES string of the molecule is Cc1nc(Sc2cc(N)nc(C(C)C)n2)nc(C)c1C. The topological polar surface area (TPSA) is 77.6 Å². The molecule has 0 unspecified atom stereocenters. The zero-order valence-electron chi connectivity index (χ0n) is 12.4. The minimum Gasteiger partial charge on any atom is -0.384 e. The Morgan fingerprint density at radius 1 is 1.00 bits per heavy atom. The van der Waals surface area contributed by atoms with Gasteiger partial charge in [0.25, 0.3) is 0 Å². The lowest BCUT2D eigenvalue weighted by atomic mass is 10.2. The summed E-state index contributed by atoms with van der Waals surface area (Å²) < 4.78 is 0. The smallest absolute Gasteiger partial charge is 0.194 e. The largest absolute Gasteiger partial charge is 0.384 e. The van der Waals surface area contributed by atoms with Crippen LogP contribution in [0.2, 0.25) is 0 Å². The van der Waals surface area contributed by atoms with E-state index in [0.717, 1.165) is 27.8 Å². The predicted octanol–water partition coefficient (Wildman–Crippen LogP) is 3.05. The van der Waals surface area contributed by atoms with Gasteiger partial charge in [-0.1, -0.05) is 13.8 Å². The maximum absolute atomic E-state index is 5.83. The molecular weight excluding hydrogens is 270 g/mol. The Morgan fingerprint density at radius 2 is 1.60 bits per heavy atom. The minimum absolute atomic E-state index is 0.236. The van der Waals surface area contributed by atoms with Crippen LogP contribution in [-0.4, -0.2) is 19.9 Å². The molecule has 0 spiro atoms. The molecule has 0 saturated heterocycles. The van der Waals surface area contributed by atoms with Crippen molar-refractivity contribution in [2.75, 3.05) is 5.73 Å². The fraction of sp³-hybridized carbons (Fsp3) is 0.429. The number of aryl methyl sites for hydroxylation is 2. The van der Waals surface area contributed by atoms with E-state index in [4.69, 9.17) is 5.73 Å². The highest BCUT2D eigenvalue weighted by atomic mass is 32.2. The average Bonchev–Trinajstić information content (AvgIpc) is 2.35. The second-order valence-corrected chi connectivity index (χ2v) is 6.04. The van der Waals surface area contributed by atoms with E-state index in [1.165, 1.54) is 11.8 Å². The van der Waals surface area contributed by atoms with Crippen molar-refractivity contribution in [3.63, 3.8) is 0 Å². The van der Waals surface area contributed by atoms with E-state index >= 15 is 0 Å². The Kier molecular flexibility index (Phi) is 4.23. The van der Waals surface area contributed by atoms with E-state index in [9.17, 15) is 0 Å². The van der Waals surface area contributed by atoms with Gasteiger partial charge in [0.1, 0.15) is 16.7 Å². The summed E-state index contributed by atoms with van der Waals surface area (Å²) in [5, 5.41) is 1.47. The van der Waals surface area contributed by atoms with Crippen molar-refractivity contribution in [1.29, 1.82) is 0 Å². The zero-order valence-corrected chi connectivity index (χ0v) is 13.2. The first-order valence-corrected chi connectivity index (χ1v) is 7.32. The molecule has 0 aromatic carbocycles. The number of anilines is 1. The third-order valence-electron chi connectivity index (χ3n) is 3.06. The first-order chi connectivity index (χ1) is 9.36. The maximum Gasteiger partial charge on any atom is 0.194 e. The Bertz CT molecular complexity index is 616. The molecule has 0 aliphatic rings. The van der Waals surface area contributed by atoms with Crippen LogP contribution in [0.4, 0.5) is 5.82 Å². The summed E-state index contributed by atoms with van der Waals surface area (Å²) in [5.74, 6) is 1.46. The van der Waals surface area contributed by atoms with E-state index in [0.29, 0.717) is 11.0 Å². The summed E-state index contributed by atoms with van der Waals surface area (Å²) in [6.45, 7) is 10.1. The Balaban J connectivity index is 2.35. The van der Waals surface area contributed by atoms with Crippen LogP contribution in [0.5, 0.6) is 0 Å². The van der Waals surface area contributed by atoms with E-state index in [1.54, 1.807) is 6.07 Å². The monoisotopic (exact) mass is 289 g/mol. The third kappa shape index (κ3) is 3.25. The molecule has 2 N–H and O–H groups in total. The van der Waals surface area contributed by atoms with E-state index < -0.39 is 0 Å². The van der Waals surface area contributed by atoms with Crippen LogP contribution >= 0.6 is 11.8 Å². The van der Waals surface area contributed by atoms with Crippen molar-refractivity contribution < 1.29 is 0 Å². The van der Waals surface area contributed by atoms with Crippen molar-refractivity contribution in [3.8, 4) is 0 Å². The molecule has 6 heteroatoms. The Hall–Kier alpha value is -1.69. The summed E-state index contributed by atoms with van der Waals surface area (Å²) in [5.41, 5.74) is 8.94. The van der Waals surface area contributed by atoms with Gasteiger partial charge >= 0.3 is 0 Å². The lowest BCUT2D eigenvalue weighted by Gasteiger charge is -2.09. The molecule has 0 aliphatic carbocycles. The van der Waals surface area contributed by atoms with Crippen molar-refractivity contribution in [1.82, 2.24) is 19.9 Å². The molecule has 0 amide bonds. The highest BCUT2D eigenvalue weighted by molar-refractivity contribution is 7.99. The quantitative estimate of drug-likeness (QED) is 0.691. The van der Waals surface area contributed by atoms with Gasteiger partial charge in [-0.25, -0.2) is 19.9 Å². The summed E-state index contributed by atoms with van der Waals surface area (Å²) >= 11 is 1.42. The van der Waals surface area contributed by atoms with Gasteiger partial charge in [0.2, 0.25) is 0 Å². The number of rotatable bonds is 3. The normalized spacial score (nSPS) is 11.1.